The summed E-state index contributed by atoms with van der Waals surface area (Å²) in [6, 6.07) is 5.73. The number of carbonyl (C=O) groups excluding carboxylic acids is 1. The number of nitrogens with zero attached hydrogens (tertiary/aromatic N) is 1. The first kappa shape index (κ1) is 12.7. The van der Waals surface area contributed by atoms with Gasteiger partial charge in [0.1, 0.15) is 0 Å². The topological polar surface area (TPSA) is 39.2 Å². The van der Waals surface area contributed by atoms with Crippen LogP contribution in [0.2, 0.25) is 0 Å². The second-order valence-corrected chi connectivity index (χ2v) is 4.49. The molecular formula is C13H9BrFNO2. The summed E-state index contributed by atoms with van der Waals surface area (Å²) < 4.78 is 19.0. The molecule has 0 bridgehead atoms. The smallest absolute Gasteiger partial charge is 0.194 e. The van der Waals surface area contributed by atoms with Crippen molar-refractivity contribution in [2.24, 2.45) is 0 Å². The minimum Gasteiger partial charge on any atom is -0.494 e. The number of hydrogen-bond donors (Lipinski definition) is 0. The fourth-order valence-corrected chi connectivity index (χ4v) is 1.88. The Balaban J connectivity index is 2.37. The Kier molecular flexibility index (Phi) is 3.72. The Bertz CT molecular complexity index is 601. The minimum absolute atomic E-state index is 0.110. The Morgan fingerprint density at radius 1 is 1.28 bits per heavy atom. The summed E-state index contributed by atoms with van der Waals surface area (Å²) in [4.78, 5) is 16.0. The number of rotatable bonds is 3. The number of ketones is 1. The zero-order valence-electron chi connectivity index (χ0n) is 9.48. The van der Waals surface area contributed by atoms with E-state index in [9.17, 15) is 9.18 Å². The molecule has 2 aromatic rings. The summed E-state index contributed by atoms with van der Waals surface area (Å²) in [6.45, 7) is 0. The zero-order valence-corrected chi connectivity index (χ0v) is 11.1. The van der Waals surface area contributed by atoms with Crippen molar-refractivity contribution < 1.29 is 13.9 Å². The summed E-state index contributed by atoms with van der Waals surface area (Å²) >= 11 is 3.23. The third kappa shape index (κ3) is 2.56. The molecule has 3 nitrogen and oxygen atoms in total. The number of halogens is 2. The lowest BCUT2D eigenvalue weighted by Crippen LogP contribution is -2.03. The predicted octanol–water partition coefficient (Wildman–Crippen LogP) is 3.22. The van der Waals surface area contributed by atoms with Crippen LogP contribution in [0.3, 0.4) is 0 Å². The van der Waals surface area contributed by atoms with Crippen LogP contribution in [0.15, 0.2) is 41.1 Å². The number of methoxy groups -OCH3 is 1. The highest BCUT2D eigenvalue weighted by molar-refractivity contribution is 9.10. The summed E-state index contributed by atoms with van der Waals surface area (Å²) in [5.41, 5.74) is 0.655. The third-order valence-corrected chi connectivity index (χ3v) is 2.81. The van der Waals surface area contributed by atoms with Crippen molar-refractivity contribution in [3.05, 3.63) is 58.1 Å². The Morgan fingerprint density at radius 2 is 2.06 bits per heavy atom. The largest absolute Gasteiger partial charge is 0.494 e. The normalized spacial score (nSPS) is 10.2. The van der Waals surface area contributed by atoms with Gasteiger partial charge in [-0.05, 0) is 40.2 Å². The molecule has 0 unspecified atom stereocenters. The summed E-state index contributed by atoms with van der Waals surface area (Å²) in [6.07, 6.45) is 3.01. The maximum Gasteiger partial charge on any atom is 0.194 e. The van der Waals surface area contributed by atoms with E-state index >= 15 is 0 Å². The SMILES string of the molecule is COc1ccc(C(=O)c2cncc(Br)c2)cc1F. The van der Waals surface area contributed by atoms with Gasteiger partial charge in [0, 0.05) is 28.0 Å². The molecule has 1 heterocycles. The van der Waals surface area contributed by atoms with Crippen LogP contribution >= 0.6 is 15.9 Å². The van der Waals surface area contributed by atoms with Crippen molar-refractivity contribution in [3.63, 3.8) is 0 Å². The standard InChI is InChI=1S/C13H9BrFNO2/c1-18-12-3-2-8(5-11(12)15)13(17)9-4-10(14)7-16-6-9/h2-7H,1H3. The predicted molar refractivity (Wildman–Crippen MR) is 68.3 cm³/mol. The molecule has 5 heteroatoms. The van der Waals surface area contributed by atoms with Gasteiger partial charge in [-0.1, -0.05) is 0 Å². The van der Waals surface area contributed by atoms with Crippen molar-refractivity contribution in [1.82, 2.24) is 4.98 Å². The average molecular weight is 310 g/mol. The van der Waals surface area contributed by atoms with Crippen LogP contribution in [0.5, 0.6) is 5.75 Å². The van der Waals surface area contributed by atoms with Crippen LogP contribution in [0.1, 0.15) is 15.9 Å². The number of pyridine rings is 1. The molecule has 1 aromatic heterocycles. The number of hydrogen-bond acceptors (Lipinski definition) is 3. The maximum atomic E-state index is 13.5. The molecule has 0 atom stereocenters. The molecule has 18 heavy (non-hydrogen) atoms. The van der Waals surface area contributed by atoms with Crippen LogP contribution in [-0.2, 0) is 0 Å². The molecule has 0 radical (unpaired) electrons. The fourth-order valence-electron chi connectivity index (χ4n) is 1.51. The van der Waals surface area contributed by atoms with E-state index in [2.05, 4.69) is 20.9 Å². The second-order valence-electron chi connectivity index (χ2n) is 3.57. The molecule has 0 aliphatic carbocycles. The lowest BCUT2D eigenvalue weighted by Gasteiger charge is -2.04. The molecular weight excluding hydrogens is 301 g/mol. The molecule has 92 valence electrons. The van der Waals surface area contributed by atoms with Gasteiger partial charge < -0.3 is 4.74 Å². The van der Waals surface area contributed by atoms with Crippen molar-refractivity contribution >= 4 is 21.7 Å². The van der Waals surface area contributed by atoms with E-state index in [0.29, 0.717) is 10.0 Å². The van der Waals surface area contributed by atoms with E-state index in [4.69, 9.17) is 4.74 Å². The average Bonchev–Trinajstić information content (AvgIpc) is 2.37. The van der Waals surface area contributed by atoms with Crippen molar-refractivity contribution in [3.8, 4) is 5.75 Å². The summed E-state index contributed by atoms with van der Waals surface area (Å²) in [5.74, 6) is -0.740. The molecule has 0 aliphatic heterocycles. The van der Waals surface area contributed by atoms with E-state index in [1.165, 1.54) is 25.4 Å². The fraction of sp³-hybridized carbons (Fsp3) is 0.0769. The molecule has 0 saturated heterocycles. The lowest BCUT2D eigenvalue weighted by molar-refractivity contribution is 0.103. The van der Waals surface area contributed by atoms with Crippen molar-refractivity contribution in [2.75, 3.05) is 7.11 Å². The van der Waals surface area contributed by atoms with Crippen molar-refractivity contribution in [1.29, 1.82) is 0 Å². The Hall–Kier alpha value is -1.75. The highest BCUT2D eigenvalue weighted by atomic mass is 79.9. The molecule has 0 aliphatic rings. The first-order chi connectivity index (χ1) is 8.61. The van der Waals surface area contributed by atoms with E-state index in [0.717, 1.165) is 6.07 Å². The highest BCUT2D eigenvalue weighted by Gasteiger charge is 2.12. The van der Waals surface area contributed by atoms with Gasteiger partial charge >= 0.3 is 0 Å². The van der Waals surface area contributed by atoms with Crippen LogP contribution in [0, 0.1) is 5.82 Å². The summed E-state index contributed by atoms with van der Waals surface area (Å²) in [7, 11) is 1.37. The third-order valence-electron chi connectivity index (χ3n) is 2.38. The Morgan fingerprint density at radius 3 is 2.67 bits per heavy atom. The zero-order chi connectivity index (χ0) is 13.1. The molecule has 1 aromatic carbocycles. The number of carbonyl (C=O) groups is 1. The van der Waals surface area contributed by atoms with Gasteiger partial charge in [0.15, 0.2) is 17.3 Å². The first-order valence-corrected chi connectivity index (χ1v) is 5.90. The minimum atomic E-state index is -0.564. The van der Waals surface area contributed by atoms with Crippen LogP contribution in [0.4, 0.5) is 4.39 Å². The number of benzene rings is 1. The van der Waals surface area contributed by atoms with Gasteiger partial charge in [-0.3, -0.25) is 9.78 Å². The quantitative estimate of drug-likeness (QED) is 0.817. The molecule has 0 spiro atoms. The van der Waals surface area contributed by atoms with E-state index < -0.39 is 5.82 Å². The number of ether oxygens (including phenoxy) is 1. The number of aromatic nitrogens is 1. The lowest BCUT2D eigenvalue weighted by atomic mass is 10.0. The van der Waals surface area contributed by atoms with Gasteiger partial charge in [0.2, 0.25) is 0 Å². The molecule has 0 saturated carbocycles. The van der Waals surface area contributed by atoms with E-state index in [1.54, 1.807) is 12.3 Å². The Labute approximate surface area is 112 Å². The molecule has 0 N–H and O–H groups in total. The monoisotopic (exact) mass is 309 g/mol. The van der Waals surface area contributed by atoms with Gasteiger partial charge in [-0.2, -0.15) is 0 Å². The van der Waals surface area contributed by atoms with Gasteiger partial charge in [-0.15, -0.1) is 0 Å². The molecule has 0 amide bonds. The van der Waals surface area contributed by atoms with Crippen LogP contribution in [0.25, 0.3) is 0 Å². The first-order valence-electron chi connectivity index (χ1n) is 5.10. The summed E-state index contributed by atoms with van der Waals surface area (Å²) in [5, 5.41) is 0. The second kappa shape index (κ2) is 5.27. The van der Waals surface area contributed by atoms with Gasteiger partial charge in [0.25, 0.3) is 0 Å². The van der Waals surface area contributed by atoms with Gasteiger partial charge in [0.05, 0.1) is 7.11 Å². The van der Waals surface area contributed by atoms with Gasteiger partial charge in [-0.25, -0.2) is 4.39 Å². The molecule has 2 rings (SSSR count). The highest BCUT2D eigenvalue weighted by Crippen LogP contribution is 2.20. The maximum absolute atomic E-state index is 13.5. The van der Waals surface area contributed by atoms with E-state index in [1.807, 2.05) is 0 Å². The molecule has 0 fully saturated rings. The van der Waals surface area contributed by atoms with Crippen molar-refractivity contribution in [2.45, 2.75) is 0 Å². The van der Waals surface area contributed by atoms with Crippen LogP contribution in [-0.4, -0.2) is 17.9 Å². The van der Waals surface area contributed by atoms with E-state index in [-0.39, 0.29) is 17.1 Å². The van der Waals surface area contributed by atoms with Crippen LogP contribution < -0.4 is 4.74 Å².